The Morgan fingerprint density at radius 3 is 2.48 bits per heavy atom. The fourth-order valence-corrected chi connectivity index (χ4v) is 1.97. The Labute approximate surface area is 125 Å². The van der Waals surface area contributed by atoms with Crippen LogP contribution in [0.1, 0.15) is 17.2 Å². The molecule has 1 unspecified atom stereocenters. The Bertz CT molecular complexity index is 572. The van der Waals surface area contributed by atoms with Crippen LogP contribution in [0.25, 0.3) is 0 Å². The first-order valence-corrected chi connectivity index (χ1v) is 6.88. The highest BCUT2D eigenvalue weighted by Gasteiger charge is 2.05. The lowest BCUT2D eigenvalue weighted by Crippen LogP contribution is -2.20. The molecule has 108 valence electrons. The van der Waals surface area contributed by atoms with E-state index >= 15 is 0 Å². The molecule has 0 aliphatic heterocycles. The van der Waals surface area contributed by atoms with Crippen molar-refractivity contribution in [1.29, 1.82) is 0 Å². The molecule has 2 rings (SSSR count). The molecule has 0 saturated carbocycles. The van der Waals surface area contributed by atoms with Crippen molar-refractivity contribution in [2.45, 2.75) is 12.6 Å². The van der Waals surface area contributed by atoms with Crippen LogP contribution in [0.2, 0.25) is 0 Å². The van der Waals surface area contributed by atoms with Gasteiger partial charge in [0.2, 0.25) is 0 Å². The summed E-state index contributed by atoms with van der Waals surface area (Å²) >= 11 is 0. The van der Waals surface area contributed by atoms with Crippen molar-refractivity contribution in [3.63, 3.8) is 0 Å². The Kier molecular flexibility index (Phi) is 5.83. The fourth-order valence-electron chi connectivity index (χ4n) is 1.97. The van der Waals surface area contributed by atoms with E-state index in [4.69, 9.17) is 11.2 Å². The molecular weight excluding hydrogens is 262 g/mol. The normalized spacial score (nSPS) is 11.6. The number of hydrogen-bond acceptors (Lipinski definition) is 3. The van der Waals surface area contributed by atoms with E-state index in [9.17, 15) is 5.11 Å². The van der Waals surface area contributed by atoms with Crippen LogP contribution in [0.4, 0.5) is 0 Å². The number of rotatable bonds is 7. The van der Waals surface area contributed by atoms with Crippen molar-refractivity contribution in [3.8, 4) is 18.1 Å². The molecule has 1 atom stereocenters. The molecule has 3 nitrogen and oxygen atoms in total. The minimum atomic E-state index is -0.496. The molecule has 0 fully saturated rings. The van der Waals surface area contributed by atoms with E-state index < -0.39 is 6.10 Å². The van der Waals surface area contributed by atoms with Gasteiger partial charge in [-0.15, -0.1) is 6.42 Å². The molecule has 3 heteroatoms. The Balaban J connectivity index is 1.77. The van der Waals surface area contributed by atoms with Gasteiger partial charge in [-0.25, -0.2) is 0 Å². The average molecular weight is 281 g/mol. The van der Waals surface area contributed by atoms with Crippen molar-refractivity contribution in [2.24, 2.45) is 0 Å². The number of hydrogen-bond donors (Lipinski definition) is 2. The van der Waals surface area contributed by atoms with Crippen molar-refractivity contribution in [3.05, 3.63) is 65.7 Å². The minimum absolute atomic E-state index is 0.279. The largest absolute Gasteiger partial charge is 0.481 e. The van der Waals surface area contributed by atoms with Crippen molar-refractivity contribution in [1.82, 2.24) is 5.32 Å². The highest BCUT2D eigenvalue weighted by molar-refractivity contribution is 5.27. The van der Waals surface area contributed by atoms with E-state index in [1.807, 2.05) is 54.6 Å². The van der Waals surface area contributed by atoms with Crippen LogP contribution in [0.3, 0.4) is 0 Å². The summed E-state index contributed by atoms with van der Waals surface area (Å²) in [5.74, 6) is 3.20. The first-order valence-electron chi connectivity index (χ1n) is 6.88. The molecular formula is C18H19NO2. The molecule has 0 aliphatic carbocycles. The molecule has 0 saturated heterocycles. The number of nitrogens with one attached hydrogen (secondary N) is 1. The number of terminal acetylenes is 1. The lowest BCUT2D eigenvalue weighted by Gasteiger charge is -2.12. The second kappa shape index (κ2) is 8.11. The minimum Gasteiger partial charge on any atom is -0.481 e. The van der Waals surface area contributed by atoms with Crippen LogP contribution in [0.15, 0.2) is 54.6 Å². The highest BCUT2D eigenvalue weighted by Crippen LogP contribution is 2.13. The van der Waals surface area contributed by atoms with Gasteiger partial charge in [0.1, 0.15) is 12.4 Å². The van der Waals surface area contributed by atoms with Gasteiger partial charge in [-0.2, -0.15) is 0 Å². The number of ether oxygens (including phenoxy) is 1. The molecule has 2 aromatic rings. The van der Waals surface area contributed by atoms with E-state index in [0.29, 0.717) is 13.1 Å². The fraction of sp³-hybridized carbons (Fsp3) is 0.222. The molecule has 0 heterocycles. The standard InChI is InChI=1S/C18H19NO2/c1-2-12-21-17-10-8-15(9-11-17)13-19-14-18(20)16-6-4-3-5-7-16/h1,3-11,18-20H,12-14H2. The van der Waals surface area contributed by atoms with Crippen molar-refractivity contribution in [2.75, 3.05) is 13.2 Å². The summed E-state index contributed by atoms with van der Waals surface area (Å²) in [5.41, 5.74) is 2.05. The predicted octanol–water partition coefficient (Wildman–Crippen LogP) is 2.52. The molecule has 0 aromatic heterocycles. The van der Waals surface area contributed by atoms with Crippen LogP contribution in [-0.2, 0) is 6.54 Å². The zero-order chi connectivity index (χ0) is 14.9. The maximum absolute atomic E-state index is 10.0. The zero-order valence-corrected chi connectivity index (χ0v) is 11.8. The molecule has 0 spiro atoms. The molecule has 0 radical (unpaired) electrons. The van der Waals surface area contributed by atoms with Gasteiger partial charge in [-0.05, 0) is 23.3 Å². The molecule has 2 N–H and O–H groups in total. The SMILES string of the molecule is C#CCOc1ccc(CNCC(O)c2ccccc2)cc1. The van der Waals surface area contributed by atoms with Gasteiger partial charge in [0.25, 0.3) is 0 Å². The van der Waals surface area contributed by atoms with Crippen LogP contribution < -0.4 is 10.1 Å². The van der Waals surface area contributed by atoms with E-state index in [0.717, 1.165) is 16.9 Å². The first kappa shape index (κ1) is 15.1. The number of aliphatic hydroxyl groups is 1. The van der Waals surface area contributed by atoms with Crippen LogP contribution >= 0.6 is 0 Å². The van der Waals surface area contributed by atoms with Crippen LogP contribution in [-0.4, -0.2) is 18.3 Å². The smallest absolute Gasteiger partial charge is 0.148 e. The lowest BCUT2D eigenvalue weighted by atomic mass is 10.1. The van der Waals surface area contributed by atoms with Gasteiger partial charge in [-0.1, -0.05) is 48.4 Å². The lowest BCUT2D eigenvalue weighted by molar-refractivity contribution is 0.174. The first-order chi connectivity index (χ1) is 10.3. The van der Waals surface area contributed by atoms with Crippen molar-refractivity contribution < 1.29 is 9.84 Å². The Hall–Kier alpha value is -2.28. The summed E-state index contributed by atoms with van der Waals surface area (Å²) in [5, 5.41) is 13.3. The van der Waals surface area contributed by atoms with Crippen molar-refractivity contribution >= 4 is 0 Å². The van der Waals surface area contributed by atoms with E-state index in [-0.39, 0.29) is 6.61 Å². The van der Waals surface area contributed by atoms with Gasteiger partial charge in [0.15, 0.2) is 0 Å². The third kappa shape index (κ3) is 4.96. The molecule has 21 heavy (non-hydrogen) atoms. The predicted molar refractivity (Wildman–Crippen MR) is 83.9 cm³/mol. The third-order valence-electron chi connectivity index (χ3n) is 3.10. The maximum atomic E-state index is 10.0. The summed E-state index contributed by atoms with van der Waals surface area (Å²) in [6, 6.07) is 17.4. The van der Waals surface area contributed by atoms with Gasteiger partial charge in [0, 0.05) is 13.1 Å². The third-order valence-corrected chi connectivity index (χ3v) is 3.10. The summed E-state index contributed by atoms with van der Waals surface area (Å²) in [4.78, 5) is 0. The molecule has 0 aliphatic rings. The van der Waals surface area contributed by atoms with Gasteiger partial charge < -0.3 is 15.2 Å². The van der Waals surface area contributed by atoms with Gasteiger partial charge in [-0.3, -0.25) is 0 Å². The van der Waals surface area contributed by atoms with E-state index in [2.05, 4.69) is 11.2 Å². The summed E-state index contributed by atoms with van der Waals surface area (Å²) in [7, 11) is 0. The molecule has 0 amide bonds. The van der Waals surface area contributed by atoms with Gasteiger partial charge >= 0.3 is 0 Å². The quantitative estimate of drug-likeness (QED) is 0.766. The maximum Gasteiger partial charge on any atom is 0.148 e. The Morgan fingerprint density at radius 1 is 1.10 bits per heavy atom. The molecule has 0 bridgehead atoms. The van der Waals surface area contributed by atoms with E-state index in [1.165, 1.54) is 0 Å². The van der Waals surface area contributed by atoms with Crippen LogP contribution in [0.5, 0.6) is 5.75 Å². The zero-order valence-electron chi connectivity index (χ0n) is 11.8. The Morgan fingerprint density at radius 2 is 1.81 bits per heavy atom. The average Bonchev–Trinajstić information content (AvgIpc) is 2.55. The highest BCUT2D eigenvalue weighted by atomic mass is 16.5. The summed E-state index contributed by atoms with van der Waals surface area (Å²) < 4.78 is 5.31. The molecule has 2 aromatic carbocycles. The number of aliphatic hydroxyl groups excluding tert-OH is 1. The second-order valence-corrected chi connectivity index (χ2v) is 4.69. The number of benzene rings is 2. The van der Waals surface area contributed by atoms with E-state index in [1.54, 1.807) is 0 Å². The summed E-state index contributed by atoms with van der Waals surface area (Å²) in [6.07, 6.45) is 4.64. The monoisotopic (exact) mass is 281 g/mol. The topological polar surface area (TPSA) is 41.5 Å². The summed E-state index contributed by atoms with van der Waals surface area (Å²) in [6.45, 7) is 1.49. The second-order valence-electron chi connectivity index (χ2n) is 4.69. The van der Waals surface area contributed by atoms with Gasteiger partial charge in [0.05, 0.1) is 6.10 Å². The van der Waals surface area contributed by atoms with Crippen LogP contribution in [0, 0.1) is 12.3 Å².